The number of amides is 1. The zero-order valence-electron chi connectivity index (χ0n) is 9.00. The SMILES string of the molecule is CC(C)NC(CCOCC(F)F)C(N)=O. The molecule has 0 saturated heterocycles. The summed E-state index contributed by atoms with van der Waals surface area (Å²) in [7, 11) is 0. The first-order valence-electron chi connectivity index (χ1n) is 4.84. The first kappa shape index (κ1) is 14.2. The molecule has 0 aromatic carbocycles. The summed E-state index contributed by atoms with van der Waals surface area (Å²) in [6.45, 7) is 3.23. The molecule has 6 heteroatoms. The van der Waals surface area contributed by atoms with E-state index in [0.29, 0.717) is 6.42 Å². The Morgan fingerprint density at radius 1 is 1.47 bits per heavy atom. The Bertz CT molecular complexity index is 189. The van der Waals surface area contributed by atoms with Gasteiger partial charge in [0.25, 0.3) is 6.43 Å². The molecule has 15 heavy (non-hydrogen) atoms. The van der Waals surface area contributed by atoms with Crippen molar-refractivity contribution in [2.24, 2.45) is 5.73 Å². The van der Waals surface area contributed by atoms with Crippen LogP contribution in [0.2, 0.25) is 0 Å². The highest BCUT2D eigenvalue weighted by molar-refractivity contribution is 5.79. The van der Waals surface area contributed by atoms with Crippen LogP contribution in [0.15, 0.2) is 0 Å². The average Bonchev–Trinajstić information content (AvgIpc) is 2.08. The van der Waals surface area contributed by atoms with Gasteiger partial charge in [-0.2, -0.15) is 0 Å². The molecule has 0 heterocycles. The van der Waals surface area contributed by atoms with Gasteiger partial charge < -0.3 is 15.8 Å². The number of halogens is 2. The Balaban J connectivity index is 3.72. The number of primary amides is 1. The highest BCUT2D eigenvalue weighted by Crippen LogP contribution is 1.97. The van der Waals surface area contributed by atoms with Crippen LogP contribution < -0.4 is 11.1 Å². The number of nitrogens with two attached hydrogens (primary N) is 1. The summed E-state index contributed by atoms with van der Waals surface area (Å²) >= 11 is 0. The fraction of sp³-hybridized carbons (Fsp3) is 0.889. The van der Waals surface area contributed by atoms with Gasteiger partial charge in [-0.05, 0) is 6.42 Å². The zero-order chi connectivity index (χ0) is 11.8. The summed E-state index contributed by atoms with van der Waals surface area (Å²) in [5.41, 5.74) is 5.12. The summed E-state index contributed by atoms with van der Waals surface area (Å²) in [6, 6.07) is -0.416. The largest absolute Gasteiger partial charge is 0.375 e. The van der Waals surface area contributed by atoms with E-state index in [-0.39, 0.29) is 12.6 Å². The Hall–Kier alpha value is -0.750. The lowest BCUT2D eigenvalue weighted by Gasteiger charge is -2.17. The first-order valence-corrected chi connectivity index (χ1v) is 4.84. The van der Waals surface area contributed by atoms with E-state index in [2.05, 4.69) is 10.1 Å². The molecule has 0 aliphatic heterocycles. The van der Waals surface area contributed by atoms with E-state index in [4.69, 9.17) is 5.73 Å². The molecule has 0 radical (unpaired) electrons. The third-order valence-corrected chi connectivity index (χ3v) is 1.67. The van der Waals surface area contributed by atoms with E-state index >= 15 is 0 Å². The van der Waals surface area contributed by atoms with Crippen LogP contribution in [0.1, 0.15) is 20.3 Å². The molecule has 1 unspecified atom stereocenters. The highest BCUT2D eigenvalue weighted by Gasteiger charge is 2.15. The van der Waals surface area contributed by atoms with Crippen LogP contribution >= 0.6 is 0 Å². The minimum absolute atomic E-state index is 0.0949. The average molecular weight is 224 g/mol. The maximum Gasteiger partial charge on any atom is 0.261 e. The molecule has 0 aliphatic carbocycles. The first-order chi connectivity index (χ1) is 6.93. The van der Waals surface area contributed by atoms with Crippen LogP contribution in [-0.4, -0.2) is 37.6 Å². The number of hydrogen-bond donors (Lipinski definition) is 2. The maximum absolute atomic E-state index is 11.7. The van der Waals surface area contributed by atoms with Gasteiger partial charge in [-0.15, -0.1) is 0 Å². The fourth-order valence-electron chi connectivity index (χ4n) is 1.08. The number of ether oxygens (including phenoxy) is 1. The summed E-state index contributed by atoms with van der Waals surface area (Å²) in [4.78, 5) is 10.9. The quantitative estimate of drug-likeness (QED) is 0.590. The molecule has 1 amide bonds. The van der Waals surface area contributed by atoms with Crippen molar-refractivity contribution in [3.8, 4) is 0 Å². The molecule has 90 valence electrons. The predicted molar refractivity (Wildman–Crippen MR) is 52.7 cm³/mol. The molecule has 0 rings (SSSR count). The molecule has 0 spiro atoms. The minimum Gasteiger partial charge on any atom is -0.375 e. The summed E-state index contributed by atoms with van der Waals surface area (Å²) < 4.78 is 28.1. The van der Waals surface area contributed by atoms with Crippen LogP contribution in [0.25, 0.3) is 0 Å². The smallest absolute Gasteiger partial charge is 0.261 e. The van der Waals surface area contributed by atoms with Crippen LogP contribution in [0.4, 0.5) is 8.78 Å². The van der Waals surface area contributed by atoms with Crippen LogP contribution in [0.5, 0.6) is 0 Å². The van der Waals surface area contributed by atoms with E-state index in [1.165, 1.54) is 0 Å². The van der Waals surface area contributed by atoms with Gasteiger partial charge in [-0.3, -0.25) is 4.79 Å². The Morgan fingerprint density at radius 2 is 2.07 bits per heavy atom. The number of alkyl halides is 2. The third kappa shape index (κ3) is 8.26. The molecule has 1 atom stereocenters. The molecule has 4 nitrogen and oxygen atoms in total. The number of rotatable bonds is 8. The molecular formula is C9H18F2N2O2. The van der Waals surface area contributed by atoms with Crippen molar-refractivity contribution < 1.29 is 18.3 Å². The van der Waals surface area contributed by atoms with Gasteiger partial charge in [0.2, 0.25) is 5.91 Å². The molecular weight excluding hydrogens is 206 g/mol. The Labute approximate surface area is 88.2 Å². The Morgan fingerprint density at radius 3 is 2.47 bits per heavy atom. The third-order valence-electron chi connectivity index (χ3n) is 1.67. The van der Waals surface area contributed by atoms with Crippen molar-refractivity contribution in [1.29, 1.82) is 0 Å². The Kier molecular flexibility index (Phi) is 7.15. The van der Waals surface area contributed by atoms with E-state index in [1.807, 2.05) is 13.8 Å². The van der Waals surface area contributed by atoms with Crippen molar-refractivity contribution in [3.05, 3.63) is 0 Å². The van der Waals surface area contributed by atoms with Gasteiger partial charge in [-0.1, -0.05) is 13.8 Å². The van der Waals surface area contributed by atoms with Gasteiger partial charge >= 0.3 is 0 Å². The van der Waals surface area contributed by atoms with E-state index in [1.54, 1.807) is 0 Å². The second-order valence-electron chi connectivity index (χ2n) is 3.53. The number of nitrogens with one attached hydrogen (secondary N) is 1. The number of carbonyl (C=O) groups excluding carboxylic acids is 1. The van der Waals surface area contributed by atoms with Gasteiger partial charge in [0.1, 0.15) is 6.61 Å². The van der Waals surface area contributed by atoms with E-state index in [0.717, 1.165) is 0 Å². The molecule has 0 fully saturated rings. The topological polar surface area (TPSA) is 64.3 Å². The van der Waals surface area contributed by atoms with Crippen molar-refractivity contribution in [2.45, 2.75) is 38.8 Å². The fourth-order valence-corrected chi connectivity index (χ4v) is 1.08. The molecule has 3 N–H and O–H groups in total. The molecule has 0 saturated carbocycles. The maximum atomic E-state index is 11.7. The number of hydrogen-bond acceptors (Lipinski definition) is 3. The van der Waals surface area contributed by atoms with E-state index < -0.39 is 25.0 Å². The highest BCUT2D eigenvalue weighted by atomic mass is 19.3. The van der Waals surface area contributed by atoms with Crippen molar-refractivity contribution >= 4 is 5.91 Å². The van der Waals surface area contributed by atoms with Crippen LogP contribution in [-0.2, 0) is 9.53 Å². The van der Waals surface area contributed by atoms with Gasteiger partial charge in [0.05, 0.1) is 6.04 Å². The van der Waals surface area contributed by atoms with Crippen molar-refractivity contribution in [1.82, 2.24) is 5.32 Å². The van der Waals surface area contributed by atoms with Crippen LogP contribution in [0.3, 0.4) is 0 Å². The molecule has 0 aromatic heterocycles. The van der Waals surface area contributed by atoms with E-state index in [9.17, 15) is 13.6 Å². The molecule has 0 bridgehead atoms. The molecule has 0 aliphatic rings. The van der Waals surface area contributed by atoms with Crippen molar-refractivity contribution in [2.75, 3.05) is 13.2 Å². The standard InChI is InChI=1S/C9H18F2N2O2/c1-6(2)13-7(9(12)14)3-4-15-5-8(10)11/h6-8,13H,3-5H2,1-2H3,(H2,12,14). The summed E-state index contributed by atoms with van der Waals surface area (Å²) in [6.07, 6.45) is -2.17. The van der Waals surface area contributed by atoms with Crippen molar-refractivity contribution in [3.63, 3.8) is 0 Å². The second-order valence-corrected chi connectivity index (χ2v) is 3.53. The lowest BCUT2D eigenvalue weighted by molar-refractivity contribution is -0.120. The van der Waals surface area contributed by atoms with Gasteiger partial charge in [0.15, 0.2) is 0 Å². The van der Waals surface area contributed by atoms with Gasteiger partial charge in [-0.25, -0.2) is 8.78 Å². The van der Waals surface area contributed by atoms with Crippen LogP contribution in [0, 0.1) is 0 Å². The predicted octanol–water partition coefficient (Wildman–Crippen LogP) is 0.510. The minimum atomic E-state index is -2.48. The summed E-state index contributed by atoms with van der Waals surface area (Å²) in [5, 5.41) is 2.93. The zero-order valence-corrected chi connectivity index (χ0v) is 9.00. The number of carbonyl (C=O) groups is 1. The monoisotopic (exact) mass is 224 g/mol. The molecule has 0 aromatic rings. The lowest BCUT2D eigenvalue weighted by atomic mass is 10.2. The normalized spacial score (nSPS) is 13.5. The van der Waals surface area contributed by atoms with Gasteiger partial charge in [0, 0.05) is 12.6 Å². The summed E-state index contributed by atoms with van der Waals surface area (Å²) in [5.74, 6) is -0.496. The second kappa shape index (κ2) is 7.53. The lowest BCUT2D eigenvalue weighted by Crippen LogP contribution is -2.45.